The number of benzene rings is 6. The molecule has 2 heterocycles. The van der Waals surface area contributed by atoms with E-state index in [9.17, 15) is 0 Å². The molecule has 0 atom stereocenters. The minimum Gasteiger partial charge on any atom is -0.452 e. The normalized spacial score (nSPS) is 11.9. The average Bonchev–Trinajstić information content (AvgIpc) is 3.51. The fourth-order valence-corrected chi connectivity index (χ4v) is 5.44. The Morgan fingerprint density at radius 1 is 0.333 bits per heavy atom. The molecule has 168 valence electrons. The number of hydrogen-bond donors (Lipinski definition) is 0. The molecule has 0 bridgehead atoms. The summed E-state index contributed by atoms with van der Waals surface area (Å²) < 4.78 is 12.5. The van der Waals surface area contributed by atoms with Gasteiger partial charge in [-0.05, 0) is 75.5 Å². The molecule has 0 unspecified atom stereocenters. The van der Waals surface area contributed by atoms with Gasteiger partial charge in [0.25, 0.3) is 0 Å². The van der Waals surface area contributed by atoms with Crippen molar-refractivity contribution in [2.24, 2.45) is 0 Å². The first-order valence-electron chi connectivity index (χ1n) is 12.2. The highest BCUT2D eigenvalue weighted by molar-refractivity contribution is 6.19. The molecule has 6 aromatic carbocycles. The van der Waals surface area contributed by atoms with Crippen LogP contribution in [0.15, 0.2) is 130 Å². The number of fused-ring (bicyclic) bond motifs is 8. The molecule has 0 aliphatic carbocycles. The molecule has 0 saturated heterocycles. The minimum atomic E-state index is 0.806. The Morgan fingerprint density at radius 3 is 1.78 bits per heavy atom. The molecule has 0 saturated carbocycles. The number of para-hydroxylation sites is 1. The molecule has 8 aromatic rings. The van der Waals surface area contributed by atoms with Gasteiger partial charge < -0.3 is 8.83 Å². The van der Waals surface area contributed by atoms with E-state index < -0.39 is 0 Å². The Morgan fingerprint density at radius 2 is 0.944 bits per heavy atom. The zero-order valence-corrected chi connectivity index (χ0v) is 19.4. The van der Waals surface area contributed by atoms with Crippen LogP contribution in [0, 0.1) is 0 Å². The second kappa shape index (κ2) is 7.34. The van der Waals surface area contributed by atoms with Crippen molar-refractivity contribution in [1.29, 1.82) is 0 Å². The van der Waals surface area contributed by atoms with E-state index in [2.05, 4.69) is 103 Å². The Kier molecular flexibility index (Phi) is 3.97. The standard InChI is InChI=1S/C34H20O2/c1-2-7-22-18-25(13-12-21(22)6-1)23-8-5-9-24(19-23)26-14-17-32-30(20-26)29-16-15-28-27-10-3-4-11-31(27)35-33(28)34(29)36-32/h1-20H. The topological polar surface area (TPSA) is 26.3 Å². The van der Waals surface area contributed by atoms with Gasteiger partial charge in [-0.25, -0.2) is 0 Å². The summed E-state index contributed by atoms with van der Waals surface area (Å²) in [6.45, 7) is 0. The summed E-state index contributed by atoms with van der Waals surface area (Å²) in [5, 5.41) is 6.88. The molecule has 2 nitrogen and oxygen atoms in total. The summed E-state index contributed by atoms with van der Waals surface area (Å²) in [5.74, 6) is 0. The third-order valence-electron chi connectivity index (χ3n) is 7.26. The van der Waals surface area contributed by atoms with Crippen LogP contribution in [-0.2, 0) is 0 Å². The lowest BCUT2D eigenvalue weighted by molar-refractivity contribution is 0.633. The molecule has 0 fully saturated rings. The Bertz CT molecular complexity index is 2110. The number of hydrogen-bond acceptors (Lipinski definition) is 2. The van der Waals surface area contributed by atoms with Crippen LogP contribution in [-0.4, -0.2) is 0 Å². The van der Waals surface area contributed by atoms with Crippen molar-refractivity contribution in [3.05, 3.63) is 121 Å². The van der Waals surface area contributed by atoms with Crippen LogP contribution in [0.1, 0.15) is 0 Å². The van der Waals surface area contributed by atoms with Crippen molar-refractivity contribution >= 4 is 54.6 Å². The molecule has 0 amide bonds. The van der Waals surface area contributed by atoms with E-state index in [4.69, 9.17) is 8.83 Å². The quantitative estimate of drug-likeness (QED) is 0.256. The van der Waals surface area contributed by atoms with E-state index >= 15 is 0 Å². The summed E-state index contributed by atoms with van der Waals surface area (Å²) >= 11 is 0. The van der Waals surface area contributed by atoms with E-state index in [1.165, 1.54) is 27.5 Å². The molecule has 0 N–H and O–H groups in total. The summed E-state index contributed by atoms with van der Waals surface area (Å²) in [6.07, 6.45) is 0. The van der Waals surface area contributed by atoms with E-state index in [0.29, 0.717) is 0 Å². The van der Waals surface area contributed by atoms with Crippen molar-refractivity contribution in [2.75, 3.05) is 0 Å². The molecule has 0 aliphatic heterocycles. The third-order valence-corrected chi connectivity index (χ3v) is 7.26. The minimum absolute atomic E-state index is 0.806. The van der Waals surface area contributed by atoms with Crippen LogP contribution in [0.2, 0.25) is 0 Å². The first kappa shape index (κ1) is 19.5. The largest absolute Gasteiger partial charge is 0.452 e. The fourth-order valence-electron chi connectivity index (χ4n) is 5.44. The van der Waals surface area contributed by atoms with Gasteiger partial charge in [0, 0.05) is 21.5 Å². The highest BCUT2D eigenvalue weighted by Gasteiger charge is 2.16. The Balaban J connectivity index is 1.28. The maximum atomic E-state index is 6.33. The monoisotopic (exact) mass is 460 g/mol. The first-order chi connectivity index (χ1) is 17.8. The van der Waals surface area contributed by atoms with Crippen molar-refractivity contribution in [2.45, 2.75) is 0 Å². The molecule has 36 heavy (non-hydrogen) atoms. The van der Waals surface area contributed by atoms with Crippen molar-refractivity contribution in [3.8, 4) is 22.3 Å². The lowest BCUT2D eigenvalue weighted by Gasteiger charge is -2.08. The van der Waals surface area contributed by atoms with Crippen LogP contribution in [0.25, 0.3) is 76.9 Å². The maximum Gasteiger partial charge on any atom is 0.178 e. The molecule has 2 heteroatoms. The number of furan rings is 2. The predicted octanol–water partition coefficient (Wildman–Crippen LogP) is 9.97. The molecule has 2 aromatic heterocycles. The van der Waals surface area contributed by atoms with Gasteiger partial charge in [0.15, 0.2) is 11.2 Å². The van der Waals surface area contributed by atoms with E-state index in [1.807, 2.05) is 18.2 Å². The second-order valence-electron chi connectivity index (χ2n) is 9.37. The van der Waals surface area contributed by atoms with Crippen LogP contribution >= 0.6 is 0 Å². The fraction of sp³-hybridized carbons (Fsp3) is 0. The number of rotatable bonds is 2. The molecule has 0 radical (unpaired) electrons. The zero-order valence-electron chi connectivity index (χ0n) is 19.4. The summed E-state index contributed by atoms with van der Waals surface area (Å²) in [5.41, 5.74) is 8.14. The molecule has 8 rings (SSSR count). The van der Waals surface area contributed by atoms with Gasteiger partial charge in [-0.3, -0.25) is 0 Å². The third kappa shape index (κ3) is 2.85. The van der Waals surface area contributed by atoms with E-state index in [0.717, 1.165) is 49.4 Å². The van der Waals surface area contributed by atoms with Crippen LogP contribution in [0.5, 0.6) is 0 Å². The van der Waals surface area contributed by atoms with Gasteiger partial charge in [-0.2, -0.15) is 0 Å². The highest BCUT2D eigenvalue weighted by Crippen LogP contribution is 2.40. The smallest absolute Gasteiger partial charge is 0.178 e. The van der Waals surface area contributed by atoms with Crippen molar-refractivity contribution < 1.29 is 8.83 Å². The maximum absolute atomic E-state index is 6.33. The van der Waals surface area contributed by atoms with Crippen LogP contribution in [0.4, 0.5) is 0 Å². The summed E-state index contributed by atoms with van der Waals surface area (Å²) in [4.78, 5) is 0. The van der Waals surface area contributed by atoms with Gasteiger partial charge in [0.1, 0.15) is 11.2 Å². The van der Waals surface area contributed by atoms with Gasteiger partial charge in [0.05, 0.1) is 0 Å². The molecule has 0 aliphatic rings. The summed E-state index contributed by atoms with van der Waals surface area (Å²) in [6, 6.07) is 42.8. The van der Waals surface area contributed by atoms with Gasteiger partial charge in [0.2, 0.25) is 0 Å². The van der Waals surface area contributed by atoms with E-state index in [-0.39, 0.29) is 0 Å². The lowest BCUT2D eigenvalue weighted by Crippen LogP contribution is -1.82. The molecule has 0 spiro atoms. The highest BCUT2D eigenvalue weighted by atomic mass is 16.4. The Hall–Kier alpha value is -4.82. The van der Waals surface area contributed by atoms with E-state index in [1.54, 1.807) is 0 Å². The van der Waals surface area contributed by atoms with Gasteiger partial charge in [-0.15, -0.1) is 0 Å². The molecular formula is C34H20O2. The van der Waals surface area contributed by atoms with Crippen molar-refractivity contribution in [3.63, 3.8) is 0 Å². The first-order valence-corrected chi connectivity index (χ1v) is 12.2. The predicted molar refractivity (Wildman–Crippen MR) is 149 cm³/mol. The van der Waals surface area contributed by atoms with Gasteiger partial charge >= 0.3 is 0 Å². The van der Waals surface area contributed by atoms with Crippen LogP contribution in [0.3, 0.4) is 0 Å². The second-order valence-corrected chi connectivity index (χ2v) is 9.37. The van der Waals surface area contributed by atoms with Crippen LogP contribution < -0.4 is 0 Å². The van der Waals surface area contributed by atoms with Crippen molar-refractivity contribution in [1.82, 2.24) is 0 Å². The van der Waals surface area contributed by atoms with Gasteiger partial charge in [-0.1, -0.05) is 78.9 Å². The molecular weight excluding hydrogens is 440 g/mol. The Labute approximate surface area is 207 Å². The summed E-state index contributed by atoms with van der Waals surface area (Å²) in [7, 11) is 0. The zero-order chi connectivity index (χ0) is 23.6. The lowest BCUT2D eigenvalue weighted by atomic mass is 9.96. The average molecular weight is 461 g/mol. The SMILES string of the molecule is c1cc(-c2ccc3ccccc3c2)cc(-c2ccc3oc4c(ccc5c6ccccc6oc54)c3c2)c1.